The van der Waals surface area contributed by atoms with Gasteiger partial charge in [0.2, 0.25) is 12.3 Å². The van der Waals surface area contributed by atoms with Crippen molar-refractivity contribution in [3.63, 3.8) is 0 Å². The number of amides is 2. The largest absolute Gasteiger partial charge is 0.507 e. The third-order valence-corrected chi connectivity index (χ3v) is 6.82. The van der Waals surface area contributed by atoms with Crippen LogP contribution in [0.4, 0.5) is 0 Å². The zero-order valence-corrected chi connectivity index (χ0v) is 20.9. The molecule has 38 heavy (non-hydrogen) atoms. The summed E-state index contributed by atoms with van der Waals surface area (Å²) < 4.78 is 5.36. The molecule has 9 nitrogen and oxygen atoms in total. The van der Waals surface area contributed by atoms with Crippen molar-refractivity contribution in [1.82, 2.24) is 10.2 Å². The molecule has 198 valence electrons. The molecule has 0 unspecified atom stereocenters. The molecular weight excluding hydrogens is 486 g/mol. The van der Waals surface area contributed by atoms with Crippen LogP contribution in [0.25, 0.3) is 11.1 Å². The van der Waals surface area contributed by atoms with E-state index in [2.05, 4.69) is 10.2 Å². The van der Waals surface area contributed by atoms with Crippen molar-refractivity contribution < 1.29 is 29.3 Å². The van der Waals surface area contributed by atoms with E-state index in [0.717, 1.165) is 67.9 Å². The van der Waals surface area contributed by atoms with Crippen molar-refractivity contribution in [2.24, 2.45) is 5.73 Å². The lowest BCUT2D eigenvalue weighted by Crippen LogP contribution is -2.35. The van der Waals surface area contributed by atoms with Gasteiger partial charge in [0, 0.05) is 30.8 Å². The SMILES string of the molecule is NC(=O)c1ccc(-c2cc(CN3CCOCC3)ccc2O)cc1.O=CNC1(c2ccc(C(=O)O)cc2)CC1. The molecule has 3 aromatic carbocycles. The number of phenols is 1. The monoisotopic (exact) mass is 517 g/mol. The van der Waals surface area contributed by atoms with Crippen molar-refractivity contribution >= 4 is 18.3 Å². The Labute approximate surface area is 220 Å². The number of morpholine rings is 1. The fraction of sp³-hybridized carbons (Fsp3) is 0.276. The van der Waals surface area contributed by atoms with Gasteiger partial charge in [0.25, 0.3) is 0 Å². The van der Waals surface area contributed by atoms with E-state index in [1.807, 2.05) is 12.1 Å². The van der Waals surface area contributed by atoms with Gasteiger partial charge in [0.05, 0.1) is 24.3 Å². The molecule has 0 atom stereocenters. The summed E-state index contributed by atoms with van der Waals surface area (Å²) in [6.45, 7) is 4.20. The Balaban J connectivity index is 0.000000194. The van der Waals surface area contributed by atoms with Crippen molar-refractivity contribution in [1.29, 1.82) is 0 Å². The van der Waals surface area contributed by atoms with Gasteiger partial charge >= 0.3 is 5.97 Å². The number of primary amides is 1. The van der Waals surface area contributed by atoms with E-state index in [1.54, 1.807) is 54.6 Å². The average Bonchev–Trinajstić information content (AvgIpc) is 3.72. The quantitative estimate of drug-likeness (QED) is 0.336. The second kappa shape index (κ2) is 11.9. The molecule has 0 radical (unpaired) electrons. The first-order valence-corrected chi connectivity index (χ1v) is 12.4. The number of benzene rings is 3. The number of aromatic hydroxyl groups is 1. The number of nitrogens with one attached hydrogen (secondary N) is 1. The fourth-order valence-electron chi connectivity index (χ4n) is 4.43. The van der Waals surface area contributed by atoms with Gasteiger partial charge < -0.3 is 26.0 Å². The van der Waals surface area contributed by atoms with Gasteiger partial charge in [0.1, 0.15) is 5.75 Å². The van der Waals surface area contributed by atoms with E-state index < -0.39 is 11.9 Å². The maximum Gasteiger partial charge on any atom is 0.335 e. The summed E-state index contributed by atoms with van der Waals surface area (Å²) >= 11 is 0. The topological polar surface area (TPSA) is 142 Å². The number of carbonyl (C=O) groups is 3. The van der Waals surface area contributed by atoms with E-state index in [1.165, 1.54) is 0 Å². The van der Waals surface area contributed by atoms with Crippen molar-refractivity contribution in [2.45, 2.75) is 24.9 Å². The minimum absolute atomic E-state index is 0.225. The van der Waals surface area contributed by atoms with Crippen molar-refractivity contribution in [2.75, 3.05) is 26.3 Å². The Morgan fingerprint density at radius 1 is 0.974 bits per heavy atom. The van der Waals surface area contributed by atoms with Crippen LogP contribution in [0.15, 0.2) is 66.7 Å². The molecule has 1 heterocycles. The van der Waals surface area contributed by atoms with Crippen LogP contribution in [0.2, 0.25) is 0 Å². The zero-order chi connectivity index (χ0) is 27.1. The van der Waals surface area contributed by atoms with Crippen LogP contribution in [-0.4, -0.2) is 59.7 Å². The van der Waals surface area contributed by atoms with Crippen LogP contribution in [0.5, 0.6) is 5.75 Å². The molecule has 3 aromatic rings. The molecule has 2 aliphatic rings. The van der Waals surface area contributed by atoms with E-state index in [4.69, 9.17) is 15.6 Å². The summed E-state index contributed by atoms with van der Waals surface area (Å²) in [5.41, 5.74) is 9.46. The molecule has 1 aliphatic heterocycles. The molecule has 5 N–H and O–H groups in total. The number of hydrogen-bond donors (Lipinski definition) is 4. The van der Waals surface area contributed by atoms with E-state index in [9.17, 15) is 19.5 Å². The standard InChI is InChI=1S/C18H20N2O3.C11H11NO3/c19-18(22)15-4-2-14(3-5-15)16-11-13(1-6-17(16)21)12-20-7-9-23-10-8-20;13-7-12-11(5-6-11)9-3-1-8(2-4-9)10(14)15/h1-6,11,21H,7-10,12H2,(H2,19,22);1-4,7H,5-6H2,(H,12,13)(H,14,15). The van der Waals surface area contributed by atoms with Gasteiger partial charge in [-0.15, -0.1) is 0 Å². The molecule has 0 spiro atoms. The van der Waals surface area contributed by atoms with E-state index in [0.29, 0.717) is 12.0 Å². The van der Waals surface area contributed by atoms with E-state index in [-0.39, 0.29) is 16.9 Å². The molecule has 1 saturated heterocycles. The number of rotatable bonds is 8. The zero-order valence-electron chi connectivity index (χ0n) is 20.9. The molecular formula is C29H31N3O6. The lowest BCUT2D eigenvalue weighted by Gasteiger charge is -2.26. The highest BCUT2D eigenvalue weighted by Crippen LogP contribution is 2.45. The van der Waals surface area contributed by atoms with Crippen molar-refractivity contribution in [3.8, 4) is 16.9 Å². The second-order valence-electron chi connectivity index (χ2n) is 9.41. The normalized spacial score (nSPS) is 16.0. The Kier molecular flexibility index (Phi) is 8.40. The maximum atomic E-state index is 11.1. The maximum absolute atomic E-state index is 11.1. The van der Waals surface area contributed by atoms with Gasteiger partial charge in [-0.1, -0.05) is 30.3 Å². The first-order valence-electron chi connectivity index (χ1n) is 12.4. The van der Waals surface area contributed by atoms with E-state index >= 15 is 0 Å². The number of carboxylic acid groups (broad SMARTS) is 1. The number of phenolic OH excluding ortho intramolecular Hbond substituents is 1. The van der Waals surface area contributed by atoms with Crippen LogP contribution in [-0.2, 0) is 21.6 Å². The minimum Gasteiger partial charge on any atom is -0.507 e. The Bertz CT molecular complexity index is 1280. The highest BCUT2D eigenvalue weighted by Gasteiger charge is 2.43. The molecule has 9 heteroatoms. The van der Waals surface area contributed by atoms with Crippen LogP contribution >= 0.6 is 0 Å². The van der Waals surface area contributed by atoms with Gasteiger partial charge in [-0.2, -0.15) is 0 Å². The number of hydrogen-bond acceptors (Lipinski definition) is 6. The molecule has 2 fully saturated rings. The van der Waals surface area contributed by atoms with Crippen molar-refractivity contribution in [3.05, 3.63) is 89.0 Å². The lowest BCUT2D eigenvalue weighted by molar-refractivity contribution is -0.110. The second-order valence-corrected chi connectivity index (χ2v) is 9.41. The van der Waals surface area contributed by atoms with Crippen LogP contribution in [0, 0.1) is 0 Å². The summed E-state index contributed by atoms with van der Waals surface area (Å²) in [6, 6.07) is 19.2. The number of carbonyl (C=O) groups excluding carboxylic acids is 2. The average molecular weight is 518 g/mol. The molecule has 0 bridgehead atoms. The fourth-order valence-corrected chi connectivity index (χ4v) is 4.43. The Morgan fingerprint density at radius 3 is 2.16 bits per heavy atom. The number of nitrogens with zero attached hydrogens (tertiary/aromatic N) is 1. The van der Waals surface area contributed by atoms with Crippen LogP contribution < -0.4 is 11.1 Å². The minimum atomic E-state index is -0.935. The summed E-state index contributed by atoms with van der Waals surface area (Å²) in [5, 5.41) is 21.6. The number of nitrogens with two attached hydrogens (primary N) is 1. The smallest absolute Gasteiger partial charge is 0.335 e. The van der Waals surface area contributed by atoms with Gasteiger partial charge in [-0.05, 0) is 65.9 Å². The predicted molar refractivity (Wildman–Crippen MR) is 142 cm³/mol. The highest BCUT2D eigenvalue weighted by molar-refractivity contribution is 5.93. The third-order valence-electron chi connectivity index (χ3n) is 6.82. The Hall–Kier alpha value is -4.21. The molecule has 1 aliphatic carbocycles. The first kappa shape index (κ1) is 26.8. The highest BCUT2D eigenvalue weighted by atomic mass is 16.5. The Morgan fingerprint density at radius 2 is 1.61 bits per heavy atom. The molecule has 5 rings (SSSR count). The summed E-state index contributed by atoms with van der Waals surface area (Å²) in [4.78, 5) is 34.5. The number of ether oxygens (including phenoxy) is 1. The van der Waals surface area contributed by atoms with Crippen LogP contribution in [0.1, 0.15) is 44.7 Å². The van der Waals surface area contributed by atoms with Gasteiger partial charge in [-0.3, -0.25) is 14.5 Å². The van der Waals surface area contributed by atoms with Crippen LogP contribution in [0.3, 0.4) is 0 Å². The summed E-state index contributed by atoms with van der Waals surface area (Å²) in [5.74, 6) is -1.17. The third kappa shape index (κ3) is 6.56. The number of aromatic carboxylic acids is 1. The molecule has 2 amide bonds. The number of carboxylic acids is 1. The molecule has 0 aromatic heterocycles. The summed E-state index contributed by atoms with van der Waals surface area (Å²) in [7, 11) is 0. The molecule has 1 saturated carbocycles. The predicted octanol–water partition coefficient (Wildman–Crippen LogP) is 3.11. The van der Waals surface area contributed by atoms with Gasteiger partial charge in [0.15, 0.2) is 0 Å². The lowest BCUT2D eigenvalue weighted by atomic mass is 10.00. The summed E-state index contributed by atoms with van der Waals surface area (Å²) in [6.07, 6.45) is 2.52. The van der Waals surface area contributed by atoms with Gasteiger partial charge in [-0.25, -0.2) is 4.79 Å². The first-order chi connectivity index (χ1) is 18.3.